The second kappa shape index (κ2) is 6.73. The first-order valence-corrected chi connectivity index (χ1v) is 8.30. The first-order chi connectivity index (χ1) is 12.6. The molecule has 3 rings (SSSR count). The predicted octanol–water partition coefficient (Wildman–Crippen LogP) is 3.40. The molecule has 1 aliphatic rings. The average Bonchev–Trinajstić information content (AvgIpc) is 2.58. The van der Waals surface area contributed by atoms with Gasteiger partial charge in [0.2, 0.25) is 0 Å². The molecule has 0 aliphatic carbocycles. The molecule has 1 aromatic carbocycles. The van der Waals surface area contributed by atoms with Crippen molar-refractivity contribution in [3.8, 4) is 17.0 Å². The first-order valence-electron chi connectivity index (χ1n) is 8.30. The smallest absolute Gasteiger partial charge is 0.417 e. The number of alkyl halides is 3. The molecule has 144 valence electrons. The van der Waals surface area contributed by atoms with Crippen molar-refractivity contribution < 1.29 is 17.9 Å². The van der Waals surface area contributed by atoms with Crippen LogP contribution in [0.15, 0.2) is 35.3 Å². The number of fused-ring (bicyclic) bond motifs is 1. The van der Waals surface area contributed by atoms with Crippen molar-refractivity contribution in [2.45, 2.75) is 32.3 Å². The van der Waals surface area contributed by atoms with Crippen molar-refractivity contribution in [3.63, 3.8) is 0 Å². The number of benzene rings is 1. The highest BCUT2D eigenvalue weighted by molar-refractivity contribution is 5.84. The summed E-state index contributed by atoms with van der Waals surface area (Å²) in [7, 11) is 1.67. The van der Waals surface area contributed by atoms with Crippen molar-refractivity contribution in [3.05, 3.63) is 41.5 Å². The van der Waals surface area contributed by atoms with E-state index in [0.717, 1.165) is 6.07 Å². The normalized spacial score (nSPS) is 17.0. The molecule has 6 nitrogen and oxygen atoms in total. The third-order valence-electron chi connectivity index (χ3n) is 4.17. The van der Waals surface area contributed by atoms with Crippen molar-refractivity contribution in [1.82, 2.24) is 9.88 Å². The highest BCUT2D eigenvalue weighted by Gasteiger charge is 2.36. The molecular weight excluding hydrogens is 359 g/mol. The number of hydrogen-bond acceptors (Lipinski definition) is 6. The Morgan fingerprint density at radius 1 is 1.19 bits per heavy atom. The van der Waals surface area contributed by atoms with E-state index >= 15 is 0 Å². The molecule has 1 aromatic heterocycles. The van der Waals surface area contributed by atoms with Gasteiger partial charge in [-0.25, -0.2) is 4.98 Å². The van der Waals surface area contributed by atoms with Gasteiger partial charge in [0.05, 0.1) is 22.9 Å². The molecule has 0 bridgehead atoms. The number of pyridine rings is 1. The van der Waals surface area contributed by atoms with E-state index in [1.807, 2.05) is 0 Å². The zero-order chi connectivity index (χ0) is 19.9. The van der Waals surface area contributed by atoms with Crippen molar-refractivity contribution in [2.24, 2.45) is 16.5 Å². The van der Waals surface area contributed by atoms with Crippen LogP contribution in [0, 0.1) is 0 Å². The maximum absolute atomic E-state index is 13.6. The van der Waals surface area contributed by atoms with E-state index in [2.05, 4.69) is 9.98 Å². The molecule has 1 atom stereocenters. The van der Waals surface area contributed by atoms with Crippen LogP contribution in [-0.2, 0) is 6.18 Å². The van der Waals surface area contributed by atoms with Gasteiger partial charge in [-0.2, -0.15) is 18.2 Å². The topological polar surface area (TPSA) is 89.8 Å². The summed E-state index contributed by atoms with van der Waals surface area (Å²) in [5.41, 5.74) is 11.6. The number of aromatic nitrogens is 1. The van der Waals surface area contributed by atoms with E-state index in [1.165, 1.54) is 18.2 Å². The quantitative estimate of drug-likeness (QED) is 0.853. The number of nitrogens with zero attached hydrogens (tertiary/aromatic N) is 3. The summed E-state index contributed by atoms with van der Waals surface area (Å²) >= 11 is 0. The lowest BCUT2D eigenvalue weighted by molar-refractivity contribution is -0.137. The van der Waals surface area contributed by atoms with Crippen LogP contribution in [-0.4, -0.2) is 29.0 Å². The number of ether oxygens (including phenoxy) is 1. The fraction of sp³-hybridized carbons (Fsp3) is 0.333. The van der Waals surface area contributed by atoms with E-state index in [1.54, 1.807) is 31.9 Å². The Balaban J connectivity index is 2.22. The Bertz CT molecular complexity index is 895. The molecule has 2 heterocycles. The zero-order valence-electron chi connectivity index (χ0n) is 15.1. The second-order valence-electron chi connectivity index (χ2n) is 6.48. The maximum atomic E-state index is 13.6. The molecular formula is C18H20F3N5O. The number of aliphatic imine (C=N–C) groups is 1. The van der Waals surface area contributed by atoms with Crippen LogP contribution in [0.1, 0.15) is 31.1 Å². The molecule has 0 spiro atoms. The molecule has 0 saturated carbocycles. The van der Waals surface area contributed by atoms with Crippen molar-refractivity contribution >= 4 is 11.8 Å². The Kier molecular flexibility index (Phi) is 4.73. The lowest BCUT2D eigenvalue weighted by Gasteiger charge is -2.30. The molecule has 4 N–H and O–H groups in total. The summed E-state index contributed by atoms with van der Waals surface area (Å²) in [5, 5.41) is 0. The summed E-state index contributed by atoms with van der Waals surface area (Å²) < 4.78 is 46.4. The van der Waals surface area contributed by atoms with Crippen LogP contribution in [0.3, 0.4) is 0 Å². The summed E-state index contributed by atoms with van der Waals surface area (Å²) in [6.07, 6.45) is -5.45. The predicted molar refractivity (Wildman–Crippen MR) is 96.4 cm³/mol. The van der Waals surface area contributed by atoms with Gasteiger partial charge in [-0.1, -0.05) is 6.07 Å². The molecule has 2 aromatic rings. The number of rotatable bonds is 3. The van der Waals surface area contributed by atoms with Gasteiger partial charge in [0.25, 0.3) is 0 Å². The lowest BCUT2D eigenvalue weighted by atomic mass is 10.0. The minimum atomic E-state index is -4.57. The van der Waals surface area contributed by atoms with Crippen LogP contribution in [0.4, 0.5) is 19.0 Å². The fourth-order valence-corrected chi connectivity index (χ4v) is 2.84. The van der Waals surface area contributed by atoms with Crippen molar-refractivity contribution in [2.75, 3.05) is 7.05 Å². The maximum Gasteiger partial charge on any atom is 0.417 e. The van der Waals surface area contributed by atoms with Crippen LogP contribution < -0.4 is 16.2 Å². The summed E-state index contributed by atoms with van der Waals surface area (Å²) in [4.78, 5) is 10.0. The van der Waals surface area contributed by atoms with Gasteiger partial charge in [0, 0.05) is 12.6 Å². The molecule has 1 unspecified atom stereocenters. The van der Waals surface area contributed by atoms with E-state index < -0.39 is 17.9 Å². The molecule has 1 aliphatic heterocycles. The monoisotopic (exact) mass is 379 g/mol. The third kappa shape index (κ3) is 3.55. The van der Waals surface area contributed by atoms with Gasteiger partial charge in [0.1, 0.15) is 11.9 Å². The molecule has 0 saturated heterocycles. The van der Waals surface area contributed by atoms with E-state index in [0.29, 0.717) is 5.56 Å². The van der Waals surface area contributed by atoms with Gasteiger partial charge >= 0.3 is 6.18 Å². The Morgan fingerprint density at radius 3 is 2.52 bits per heavy atom. The van der Waals surface area contributed by atoms with Crippen LogP contribution in [0.25, 0.3) is 11.3 Å². The van der Waals surface area contributed by atoms with E-state index in [4.69, 9.17) is 16.2 Å². The fourth-order valence-electron chi connectivity index (χ4n) is 2.84. The average molecular weight is 379 g/mol. The minimum absolute atomic E-state index is 0.0885. The van der Waals surface area contributed by atoms with Gasteiger partial charge < -0.3 is 21.1 Å². The molecule has 0 radical (unpaired) electrons. The Labute approximate surface area is 154 Å². The summed E-state index contributed by atoms with van der Waals surface area (Å²) in [5.74, 6) is 0.437. The van der Waals surface area contributed by atoms with Crippen LogP contribution >= 0.6 is 0 Å². The van der Waals surface area contributed by atoms with Gasteiger partial charge in [-0.05, 0) is 38.1 Å². The number of nitrogens with two attached hydrogens (primary N) is 2. The number of halogens is 3. The molecule has 27 heavy (non-hydrogen) atoms. The Hall–Kier alpha value is -2.81. The summed E-state index contributed by atoms with van der Waals surface area (Å²) in [6.45, 7) is 3.48. The number of hydrogen-bond donors (Lipinski definition) is 2. The van der Waals surface area contributed by atoms with Gasteiger partial charge in [-0.3, -0.25) is 0 Å². The summed E-state index contributed by atoms with van der Waals surface area (Å²) in [6, 6.07) is 6.90. The minimum Gasteiger partial charge on any atom is -0.490 e. The van der Waals surface area contributed by atoms with Crippen molar-refractivity contribution in [1.29, 1.82) is 0 Å². The third-order valence-corrected chi connectivity index (χ3v) is 4.17. The molecule has 9 heteroatoms. The zero-order valence-corrected chi connectivity index (χ0v) is 15.1. The van der Waals surface area contributed by atoms with Crippen LogP contribution in [0.5, 0.6) is 5.75 Å². The lowest BCUT2D eigenvalue weighted by Crippen LogP contribution is -2.43. The highest BCUT2D eigenvalue weighted by atomic mass is 19.4. The largest absolute Gasteiger partial charge is 0.490 e. The Morgan fingerprint density at radius 2 is 1.89 bits per heavy atom. The van der Waals surface area contributed by atoms with Crippen LogP contribution in [0.2, 0.25) is 0 Å². The molecule has 0 fully saturated rings. The standard InChI is InChI=1S/C18H20F3N5O/c1-9(2)27-13-6-4-5-11(18(19,20)21)14(13)12-8-7-10-15(22)26(3)17(23)25-16(10)24-12/h4-9,15H,22H2,1-3H3,(H2,23,24,25). The molecule has 0 amide bonds. The second-order valence-corrected chi connectivity index (χ2v) is 6.48. The van der Waals surface area contributed by atoms with E-state index in [-0.39, 0.29) is 34.9 Å². The number of guanidine groups is 1. The van der Waals surface area contributed by atoms with Gasteiger partial charge in [0.15, 0.2) is 11.8 Å². The first kappa shape index (κ1) is 19.0. The van der Waals surface area contributed by atoms with Gasteiger partial charge in [-0.15, -0.1) is 0 Å². The van der Waals surface area contributed by atoms with E-state index in [9.17, 15) is 13.2 Å². The SMILES string of the molecule is CC(C)Oc1cccc(C(F)(F)F)c1-c1ccc2c(n1)N=C(N)N(C)C2N. The highest BCUT2D eigenvalue weighted by Crippen LogP contribution is 2.43.